The van der Waals surface area contributed by atoms with E-state index in [1.54, 1.807) is 0 Å². The fourth-order valence-electron chi connectivity index (χ4n) is 3.22. The lowest BCUT2D eigenvalue weighted by Crippen LogP contribution is -2.37. The van der Waals surface area contributed by atoms with Gasteiger partial charge in [0.25, 0.3) is 0 Å². The van der Waals surface area contributed by atoms with Crippen molar-refractivity contribution in [2.24, 2.45) is 16.2 Å². The zero-order valence-corrected chi connectivity index (χ0v) is 16.0. The largest absolute Gasteiger partial charge is 0.458 e. The molecule has 0 aliphatic heterocycles. The van der Waals surface area contributed by atoms with Crippen molar-refractivity contribution in [1.82, 2.24) is 0 Å². The van der Waals surface area contributed by atoms with E-state index in [4.69, 9.17) is 4.74 Å². The van der Waals surface area contributed by atoms with Gasteiger partial charge >= 0.3 is 5.97 Å². The molecule has 0 saturated heterocycles. The summed E-state index contributed by atoms with van der Waals surface area (Å²) in [5, 5.41) is 0. The van der Waals surface area contributed by atoms with Crippen molar-refractivity contribution in [3.05, 3.63) is 12.2 Å². The summed E-state index contributed by atoms with van der Waals surface area (Å²) in [5.74, 6) is 0.180. The van der Waals surface area contributed by atoms with Crippen molar-refractivity contribution in [1.29, 1.82) is 0 Å². The normalized spacial score (nSPS) is 27.7. The third-order valence-electron chi connectivity index (χ3n) is 4.32. The number of ether oxygens (including phenoxy) is 1. The van der Waals surface area contributed by atoms with Crippen molar-refractivity contribution in [3.8, 4) is 0 Å². The molecule has 2 atom stereocenters. The highest BCUT2D eigenvalue weighted by atomic mass is 16.5. The Morgan fingerprint density at radius 1 is 1.17 bits per heavy atom. The van der Waals surface area contributed by atoms with Gasteiger partial charge in [0.15, 0.2) is 0 Å². The van der Waals surface area contributed by atoms with E-state index in [0.717, 1.165) is 25.7 Å². The molecule has 23 heavy (non-hydrogen) atoms. The van der Waals surface area contributed by atoms with Gasteiger partial charge in [-0.1, -0.05) is 54.5 Å². The second-order valence-corrected chi connectivity index (χ2v) is 9.43. The number of hydrogen-bond acceptors (Lipinski definition) is 3. The molecule has 1 rings (SSSR count). The molecule has 0 N–H and O–H groups in total. The molecule has 0 unspecified atom stereocenters. The lowest BCUT2D eigenvalue weighted by atomic mass is 9.68. The highest BCUT2D eigenvalue weighted by Gasteiger charge is 2.39. The van der Waals surface area contributed by atoms with Crippen LogP contribution in [0.4, 0.5) is 0 Å². The Labute approximate surface area is 141 Å². The summed E-state index contributed by atoms with van der Waals surface area (Å²) in [6, 6.07) is 0. The topological polar surface area (TPSA) is 43.4 Å². The second-order valence-electron chi connectivity index (χ2n) is 9.43. The van der Waals surface area contributed by atoms with Crippen molar-refractivity contribution >= 4 is 11.8 Å². The van der Waals surface area contributed by atoms with Crippen LogP contribution < -0.4 is 0 Å². The second kappa shape index (κ2) is 7.19. The Morgan fingerprint density at radius 2 is 1.78 bits per heavy atom. The van der Waals surface area contributed by atoms with Crippen LogP contribution in [0.3, 0.4) is 0 Å². The van der Waals surface area contributed by atoms with E-state index in [0.29, 0.717) is 12.2 Å². The zero-order chi connectivity index (χ0) is 17.9. The third kappa shape index (κ3) is 6.48. The number of carbonyl (C=O) groups excluding carboxylic acids is 2. The van der Waals surface area contributed by atoms with Crippen LogP contribution in [0, 0.1) is 16.2 Å². The smallest absolute Gasteiger partial charge is 0.306 e. The third-order valence-corrected chi connectivity index (χ3v) is 4.32. The van der Waals surface area contributed by atoms with Gasteiger partial charge in [-0.15, -0.1) is 0 Å². The molecule has 1 aliphatic carbocycles. The van der Waals surface area contributed by atoms with E-state index in [1.165, 1.54) is 0 Å². The van der Waals surface area contributed by atoms with Crippen LogP contribution in [0.25, 0.3) is 0 Å². The number of rotatable bonds is 3. The standard InChI is InChI=1S/C20H34O3/c1-18(2,3)14-16(21)23-15-10-8-12-20(7,13-9-11-15)17(22)19(4,5)6/h8,10,15H,9,11-14H2,1-7H3/b10-8+/t15-,20+/m1/s1. The maximum absolute atomic E-state index is 12.7. The van der Waals surface area contributed by atoms with Crippen LogP contribution in [0.5, 0.6) is 0 Å². The molecular weight excluding hydrogens is 288 g/mol. The molecule has 1 aliphatic rings. The van der Waals surface area contributed by atoms with Crippen LogP contribution in [0.15, 0.2) is 12.2 Å². The van der Waals surface area contributed by atoms with Gasteiger partial charge in [-0.05, 0) is 37.2 Å². The Morgan fingerprint density at radius 3 is 2.30 bits per heavy atom. The molecule has 0 radical (unpaired) electrons. The van der Waals surface area contributed by atoms with E-state index in [1.807, 2.05) is 53.7 Å². The molecule has 0 aromatic rings. The molecule has 0 aromatic heterocycles. The Hall–Kier alpha value is -1.12. The number of hydrogen-bond donors (Lipinski definition) is 0. The summed E-state index contributed by atoms with van der Waals surface area (Å²) in [6.07, 6.45) is 7.52. The molecule has 0 spiro atoms. The van der Waals surface area contributed by atoms with Gasteiger partial charge in [0.2, 0.25) is 0 Å². The lowest BCUT2D eigenvalue weighted by Gasteiger charge is -2.35. The predicted molar refractivity (Wildman–Crippen MR) is 94.1 cm³/mol. The fourth-order valence-corrected chi connectivity index (χ4v) is 3.22. The van der Waals surface area contributed by atoms with Gasteiger partial charge < -0.3 is 4.74 Å². The van der Waals surface area contributed by atoms with E-state index in [-0.39, 0.29) is 28.3 Å². The molecule has 132 valence electrons. The Balaban J connectivity index is 2.69. The number of allylic oxidation sites excluding steroid dienone is 1. The molecule has 0 heterocycles. The highest BCUT2D eigenvalue weighted by molar-refractivity contribution is 5.89. The lowest BCUT2D eigenvalue weighted by molar-refractivity contribution is -0.149. The quantitative estimate of drug-likeness (QED) is 0.537. The van der Waals surface area contributed by atoms with Gasteiger partial charge in [-0.3, -0.25) is 9.59 Å². The number of ketones is 1. The highest BCUT2D eigenvalue weighted by Crippen LogP contribution is 2.38. The van der Waals surface area contributed by atoms with Gasteiger partial charge in [0.1, 0.15) is 11.9 Å². The SMILES string of the molecule is CC(C)(C)CC(=O)O[C@@H]1/C=C/C[C@](C)(C(=O)C(C)(C)C)CCC1. The maximum Gasteiger partial charge on any atom is 0.306 e. The van der Waals surface area contributed by atoms with Gasteiger partial charge in [0, 0.05) is 10.8 Å². The molecular formula is C20H34O3. The summed E-state index contributed by atoms with van der Waals surface area (Å²) >= 11 is 0. The average molecular weight is 322 g/mol. The van der Waals surface area contributed by atoms with Gasteiger partial charge in [-0.25, -0.2) is 0 Å². The fraction of sp³-hybridized carbons (Fsp3) is 0.800. The summed E-state index contributed by atoms with van der Waals surface area (Å²) in [6.45, 7) is 14.1. The number of carbonyl (C=O) groups is 2. The minimum absolute atomic E-state index is 0.0554. The maximum atomic E-state index is 12.7. The predicted octanol–water partition coefficient (Wildman–Crippen LogP) is 5.09. The van der Waals surface area contributed by atoms with Crippen LogP contribution in [0.1, 0.15) is 80.6 Å². The van der Waals surface area contributed by atoms with Crippen LogP contribution in [0.2, 0.25) is 0 Å². The van der Waals surface area contributed by atoms with Crippen LogP contribution in [-0.2, 0) is 14.3 Å². The van der Waals surface area contributed by atoms with Crippen molar-refractivity contribution in [2.45, 2.75) is 86.7 Å². The molecule has 0 aromatic carbocycles. The molecule has 0 bridgehead atoms. The van der Waals surface area contributed by atoms with Gasteiger partial charge in [0.05, 0.1) is 6.42 Å². The Bertz CT molecular complexity index is 462. The molecule has 0 saturated carbocycles. The minimum atomic E-state index is -0.319. The summed E-state index contributed by atoms with van der Waals surface area (Å²) in [5.41, 5.74) is -0.685. The first-order chi connectivity index (χ1) is 10.3. The zero-order valence-electron chi connectivity index (χ0n) is 16.0. The number of esters is 1. The van der Waals surface area contributed by atoms with Gasteiger partial charge in [-0.2, -0.15) is 0 Å². The van der Waals surface area contributed by atoms with Crippen molar-refractivity contribution < 1.29 is 14.3 Å². The van der Waals surface area contributed by atoms with Crippen LogP contribution in [-0.4, -0.2) is 17.9 Å². The first-order valence-corrected chi connectivity index (χ1v) is 8.75. The van der Waals surface area contributed by atoms with Crippen LogP contribution >= 0.6 is 0 Å². The first kappa shape index (κ1) is 19.9. The first-order valence-electron chi connectivity index (χ1n) is 8.75. The summed E-state index contributed by atoms with van der Waals surface area (Å²) in [7, 11) is 0. The average Bonchev–Trinajstić information content (AvgIpc) is 2.31. The summed E-state index contributed by atoms with van der Waals surface area (Å²) in [4.78, 5) is 24.7. The molecule has 3 nitrogen and oxygen atoms in total. The van der Waals surface area contributed by atoms with E-state index < -0.39 is 0 Å². The van der Waals surface area contributed by atoms with Crippen molar-refractivity contribution in [3.63, 3.8) is 0 Å². The number of Topliss-reactive ketones (excluding diaryl/α,β-unsaturated/α-hetero) is 1. The van der Waals surface area contributed by atoms with E-state index in [2.05, 4.69) is 6.92 Å². The molecule has 0 fully saturated rings. The monoisotopic (exact) mass is 322 g/mol. The molecule has 0 amide bonds. The molecule has 3 heteroatoms. The van der Waals surface area contributed by atoms with E-state index in [9.17, 15) is 9.59 Å². The van der Waals surface area contributed by atoms with E-state index >= 15 is 0 Å². The Kier molecular flexibility index (Phi) is 6.23. The van der Waals surface area contributed by atoms with Crippen molar-refractivity contribution in [2.75, 3.05) is 0 Å². The summed E-state index contributed by atoms with van der Waals surface area (Å²) < 4.78 is 5.59. The minimum Gasteiger partial charge on any atom is -0.458 e.